The Morgan fingerprint density at radius 2 is 1.68 bits per heavy atom. The van der Waals surface area contributed by atoms with E-state index in [9.17, 15) is 13.2 Å². The van der Waals surface area contributed by atoms with E-state index in [1.807, 2.05) is 48.5 Å². The van der Waals surface area contributed by atoms with Gasteiger partial charge in [-0.3, -0.25) is 4.79 Å². The van der Waals surface area contributed by atoms with Crippen LogP contribution in [0.1, 0.15) is 71.4 Å². The number of ketones is 1. The van der Waals surface area contributed by atoms with Crippen LogP contribution in [0.4, 0.5) is 0 Å². The number of nitrogens with one attached hydrogen (secondary N) is 1. The molecule has 0 amide bonds. The third kappa shape index (κ3) is 5.16. The van der Waals surface area contributed by atoms with Gasteiger partial charge in [0.15, 0.2) is 9.84 Å². The molecule has 0 bridgehead atoms. The van der Waals surface area contributed by atoms with Gasteiger partial charge in [-0.1, -0.05) is 67.6 Å². The van der Waals surface area contributed by atoms with Gasteiger partial charge >= 0.3 is 0 Å². The fraction of sp³-hybridized carbons (Fsp3) is 0.345. The van der Waals surface area contributed by atoms with Crippen LogP contribution < -0.4 is 5.32 Å². The molecular weight excluding hydrogens is 442 g/mol. The number of carbonyl (C=O) groups excluding carboxylic acids is 1. The molecule has 4 nitrogen and oxygen atoms in total. The van der Waals surface area contributed by atoms with Crippen LogP contribution in [-0.2, 0) is 39.9 Å². The quantitative estimate of drug-likeness (QED) is 0.449. The Kier molecular flexibility index (Phi) is 6.41. The summed E-state index contributed by atoms with van der Waals surface area (Å²) in [7, 11) is -3.47. The topological polar surface area (TPSA) is 63.2 Å². The largest absolute Gasteiger partial charge is 0.309 e. The maximum Gasteiger partial charge on any atom is 0.182 e. The molecule has 0 spiro atoms. The minimum absolute atomic E-state index is 0.00681. The first-order valence-electron chi connectivity index (χ1n) is 12.1. The average molecular weight is 474 g/mol. The third-order valence-corrected chi connectivity index (χ3v) is 8.74. The molecule has 1 unspecified atom stereocenters. The minimum Gasteiger partial charge on any atom is -0.309 e. The molecule has 1 heterocycles. The van der Waals surface area contributed by atoms with Crippen LogP contribution in [0.15, 0.2) is 71.6 Å². The molecule has 1 aliphatic heterocycles. The smallest absolute Gasteiger partial charge is 0.182 e. The number of sulfone groups is 1. The van der Waals surface area contributed by atoms with E-state index in [-0.39, 0.29) is 23.4 Å². The molecule has 1 aliphatic carbocycles. The van der Waals surface area contributed by atoms with E-state index in [1.165, 1.54) is 16.7 Å². The van der Waals surface area contributed by atoms with Crippen LogP contribution in [0, 0.1) is 0 Å². The molecule has 1 fully saturated rings. The van der Waals surface area contributed by atoms with Gasteiger partial charge in [0, 0.05) is 25.9 Å². The van der Waals surface area contributed by atoms with Crippen molar-refractivity contribution in [3.63, 3.8) is 0 Å². The van der Waals surface area contributed by atoms with Crippen LogP contribution in [-0.4, -0.2) is 14.2 Å². The summed E-state index contributed by atoms with van der Waals surface area (Å²) in [6.07, 6.45) is 2.84. The van der Waals surface area contributed by atoms with Crippen molar-refractivity contribution in [2.45, 2.75) is 68.2 Å². The Morgan fingerprint density at radius 1 is 0.941 bits per heavy atom. The van der Waals surface area contributed by atoms with E-state index in [1.54, 1.807) is 6.07 Å². The molecule has 0 aromatic heterocycles. The van der Waals surface area contributed by atoms with E-state index in [2.05, 4.69) is 24.4 Å². The van der Waals surface area contributed by atoms with E-state index in [0.717, 1.165) is 42.6 Å². The summed E-state index contributed by atoms with van der Waals surface area (Å²) in [4.78, 5) is 13.2. The number of hydrogen-bond acceptors (Lipinski definition) is 4. The number of fused-ring (bicyclic) bond motifs is 1. The van der Waals surface area contributed by atoms with Crippen molar-refractivity contribution >= 4 is 15.6 Å². The summed E-state index contributed by atoms with van der Waals surface area (Å²) in [5.74, 6) is 0.638. The van der Waals surface area contributed by atoms with Crippen molar-refractivity contribution in [2.24, 2.45) is 0 Å². The first-order valence-corrected chi connectivity index (χ1v) is 13.8. The van der Waals surface area contributed by atoms with E-state index in [0.29, 0.717) is 17.7 Å². The maximum atomic E-state index is 13.4. The molecule has 2 aliphatic rings. The number of rotatable bonds is 9. The second-order valence-electron chi connectivity index (χ2n) is 9.84. The van der Waals surface area contributed by atoms with Crippen molar-refractivity contribution in [1.29, 1.82) is 0 Å². The van der Waals surface area contributed by atoms with E-state index >= 15 is 0 Å². The van der Waals surface area contributed by atoms with Gasteiger partial charge < -0.3 is 5.32 Å². The van der Waals surface area contributed by atoms with Crippen molar-refractivity contribution in [3.05, 3.63) is 100 Å². The standard InChI is InChI=1S/C29H31NO3S/c1-20(23-5-3-2-4-6-23)13-27(31)15-21-8-12-29(28(16-21)24-10-11-24)34(32,33)19-22-7-9-25-17-30-18-26(25)14-22/h2-9,12,14,16,20,24,30H,10-11,13,15,17-19H2,1H3. The monoisotopic (exact) mass is 473 g/mol. The Bertz CT molecular complexity index is 1310. The Balaban J connectivity index is 1.32. The van der Waals surface area contributed by atoms with Gasteiger partial charge in [-0.05, 0) is 64.1 Å². The first-order chi connectivity index (χ1) is 16.4. The normalized spacial score (nSPS) is 16.3. The summed E-state index contributed by atoms with van der Waals surface area (Å²) in [5.41, 5.74) is 6.24. The van der Waals surface area contributed by atoms with Gasteiger partial charge in [-0.15, -0.1) is 0 Å². The lowest BCUT2D eigenvalue weighted by molar-refractivity contribution is -0.118. The molecule has 3 aromatic rings. The van der Waals surface area contributed by atoms with Crippen LogP contribution in [0.3, 0.4) is 0 Å². The maximum absolute atomic E-state index is 13.4. The molecule has 34 heavy (non-hydrogen) atoms. The SMILES string of the molecule is CC(CC(=O)Cc1ccc(S(=O)(=O)Cc2ccc3c(c2)CNC3)c(C2CC2)c1)c1ccccc1. The molecule has 0 radical (unpaired) electrons. The summed E-state index contributed by atoms with van der Waals surface area (Å²) in [5, 5.41) is 3.31. The molecule has 176 valence electrons. The molecule has 0 saturated heterocycles. The highest BCUT2D eigenvalue weighted by atomic mass is 32.2. The van der Waals surface area contributed by atoms with Crippen molar-refractivity contribution in [1.82, 2.24) is 5.32 Å². The lowest BCUT2D eigenvalue weighted by atomic mass is 9.93. The molecule has 1 N–H and O–H groups in total. The fourth-order valence-electron chi connectivity index (χ4n) is 4.98. The molecule has 5 heteroatoms. The lowest BCUT2D eigenvalue weighted by Crippen LogP contribution is -2.11. The molecule has 3 aromatic carbocycles. The third-order valence-electron chi connectivity index (χ3n) is 6.99. The number of benzene rings is 3. The summed E-state index contributed by atoms with van der Waals surface area (Å²) in [6, 6.07) is 21.6. The minimum atomic E-state index is -3.47. The molecule has 5 rings (SSSR count). The Labute approximate surface area is 202 Å². The number of hydrogen-bond donors (Lipinski definition) is 1. The molecular formula is C29H31NO3S. The van der Waals surface area contributed by atoms with Crippen LogP contribution >= 0.6 is 0 Å². The molecule has 1 atom stereocenters. The van der Waals surface area contributed by atoms with Crippen molar-refractivity contribution in [2.75, 3.05) is 0 Å². The van der Waals surface area contributed by atoms with Gasteiger partial charge in [0.1, 0.15) is 5.78 Å². The summed E-state index contributed by atoms with van der Waals surface area (Å²) < 4.78 is 26.8. The van der Waals surface area contributed by atoms with Gasteiger partial charge in [-0.25, -0.2) is 8.42 Å². The second-order valence-corrected chi connectivity index (χ2v) is 11.8. The summed E-state index contributed by atoms with van der Waals surface area (Å²) >= 11 is 0. The van der Waals surface area contributed by atoms with Crippen LogP contribution in [0.25, 0.3) is 0 Å². The predicted octanol–water partition coefficient (Wildman–Crippen LogP) is 5.45. The van der Waals surface area contributed by atoms with Gasteiger partial charge in [-0.2, -0.15) is 0 Å². The number of Topliss-reactive ketones (excluding diaryl/α,β-unsaturated/α-hetero) is 1. The Hall–Kier alpha value is -2.76. The van der Waals surface area contributed by atoms with Crippen LogP contribution in [0.2, 0.25) is 0 Å². The van der Waals surface area contributed by atoms with Crippen molar-refractivity contribution < 1.29 is 13.2 Å². The van der Waals surface area contributed by atoms with Gasteiger partial charge in [0.2, 0.25) is 0 Å². The highest BCUT2D eigenvalue weighted by molar-refractivity contribution is 7.90. The highest BCUT2D eigenvalue weighted by Gasteiger charge is 2.31. The van der Waals surface area contributed by atoms with E-state index < -0.39 is 9.84 Å². The van der Waals surface area contributed by atoms with E-state index in [4.69, 9.17) is 0 Å². The highest BCUT2D eigenvalue weighted by Crippen LogP contribution is 2.44. The van der Waals surface area contributed by atoms with Crippen molar-refractivity contribution in [3.8, 4) is 0 Å². The van der Waals surface area contributed by atoms with Crippen LogP contribution in [0.5, 0.6) is 0 Å². The number of carbonyl (C=O) groups is 1. The van der Waals surface area contributed by atoms with Gasteiger partial charge in [0.25, 0.3) is 0 Å². The zero-order valence-corrected chi connectivity index (χ0v) is 20.4. The lowest BCUT2D eigenvalue weighted by Gasteiger charge is -2.14. The molecule has 1 saturated carbocycles. The zero-order valence-electron chi connectivity index (χ0n) is 19.6. The first kappa shape index (κ1) is 23.0. The average Bonchev–Trinajstić information content (AvgIpc) is 3.57. The summed E-state index contributed by atoms with van der Waals surface area (Å²) in [6.45, 7) is 3.72. The Morgan fingerprint density at radius 3 is 2.44 bits per heavy atom. The zero-order chi connectivity index (χ0) is 23.7. The second kappa shape index (κ2) is 9.47. The van der Waals surface area contributed by atoms with Gasteiger partial charge in [0.05, 0.1) is 10.6 Å². The fourth-order valence-corrected chi connectivity index (χ4v) is 6.61. The predicted molar refractivity (Wildman–Crippen MR) is 134 cm³/mol.